The number of amides is 1. The van der Waals surface area contributed by atoms with E-state index in [0.717, 1.165) is 49.1 Å². The number of piperazine rings is 1. The number of pyridine rings is 1. The Morgan fingerprint density at radius 1 is 1.00 bits per heavy atom. The highest BCUT2D eigenvalue weighted by molar-refractivity contribution is 7.99. The number of imidazole rings is 1. The number of aromatic nitrogens is 3. The van der Waals surface area contributed by atoms with Crippen molar-refractivity contribution in [3.8, 4) is 5.75 Å². The van der Waals surface area contributed by atoms with Gasteiger partial charge in [-0.15, -0.1) is 0 Å². The van der Waals surface area contributed by atoms with Crippen LogP contribution in [-0.2, 0) is 19.9 Å². The van der Waals surface area contributed by atoms with Crippen LogP contribution in [0, 0.1) is 0 Å². The number of hydrogen-bond donors (Lipinski definition) is 0. The average Bonchev–Trinajstić information content (AvgIpc) is 3.24. The summed E-state index contributed by atoms with van der Waals surface area (Å²) in [5.74, 6) is 1.54. The highest BCUT2D eigenvalue weighted by atomic mass is 32.2. The standard InChI is InChI=1S/C24H29N5O2S/c1-27-14-12-26-23(27)32-19-10-20-5-7-22(8-6-20)31-24(30)29-17-15-28(16-18-29)13-9-21-4-2-3-11-25-21/h2-8,11-12,14H,9-10,13,15-19H2,1H3. The molecule has 1 amide bonds. The van der Waals surface area contributed by atoms with Crippen LogP contribution in [0.2, 0.25) is 0 Å². The molecule has 7 nitrogen and oxygen atoms in total. The lowest BCUT2D eigenvalue weighted by Gasteiger charge is -2.33. The summed E-state index contributed by atoms with van der Waals surface area (Å²) in [6.07, 6.45) is 7.19. The van der Waals surface area contributed by atoms with Crippen LogP contribution in [-0.4, -0.2) is 68.9 Å². The van der Waals surface area contributed by atoms with Gasteiger partial charge in [-0.1, -0.05) is 30.0 Å². The predicted molar refractivity (Wildman–Crippen MR) is 126 cm³/mol. The van der Waals surface area contributed by atoms with E-state index in [1.165, 1.54) is 5.56 Å². The van der Waals surface area contributed by atoms with Gasteiger partial charge in [0, 0.05) is 76.2 Å². The highest BCUT2D eigenvalue weighted by Gasteiger charge is 2.22. The van der Waals surface area contributed by atoms with Crippen molar-refractivity contribution in [2.24, 2.45) is 7.05 Å². The molecule has 0 atom stereocenters. The van der Waals surface area contributed by atoms with Crippen LogP contribution in [0.3, 0.4) is 0 Å². The number of benzene rings is 1. The van der Waals surface area contributed by atoms with E-state index in [2.05, 4.69) is 20.9 Å². The number of thioether (sulfide) groups is 1. The Kier molecular flexibility index (Phi) is 7.79. The van der Waals surface area contributed by atoms with E-state index in [0.29, 0.717) is 18.8 Å². The quantitative estimate of drug-likeness (QED) is 0.489. The number of nitrogens with zero attached hydrogens (tertiary/aromatic N) is 5. The van der Waals surface area contributed by atoms with Gasteiger partial charge in [0.05, 0.1) is 0 Å². The minimum absolute atomic E-state index is 0.271. The Hall–Kier alpha value is -2.84. The summed E-state index contributed by atoms with van der Waals surface area (Å²) in [5.41, 5.74) is 2.32. The number of carbonyl (C=O) groups excluding carboxylic acids is 1. The van der Waals surface area contributed by atoms with Gasteiger partial charge < -0.3 is 14.2 Å². The molecule has 0 spiro atoms. The van der Waals surface area contributed by atoms with Crippen LogP contribution >= 0.6 is 11.8 Å². The van der Waals surface area contributed by atoms with Crippen molar-refractivity contribution in [2.75, 3.05) is 38.5 Å². The molecule has 0 saturated carbocycles. The first-order valence-electron chi connectivity index (χ1n) is 11.0. The first kappa shape index (κ1) is 22.4. The third-order valence-corrected chi connectivity index (χ3v) is 6.63. The summed E-state index contributed by atoms with van der Waals surface area (Å²) in [6.45, 7) is 4.04. The van der Waals surface area contributed by atoms with E-state index in [1.54, 1.807) is 16.7 Å². The molecule has 0 aliphatic carbocycles. The molecule has 0 unspecified atom stereocenters. The van der Waals surface area contributed by atoms with E-state index in [4.69, 9.17) is 4.74 Å². The van der Waals surface area contributed by atoms with Crippen LogP contribution in [0.15, 0.2) is 66.2 Å². The third-order valence-electron chi connectivity index (χ3n) is 5.57. The lowest BCUT2D eigenvalue weighted by atomic mass is 10.2. The second kappa shape index (κ2) is 11.2. The van der Waals surface area contributed by atoms with Gasteiger partial charge in [-0.05, 0) is 36.2 Å². The fraction of sp³-hybridized carbons (Fsp3) is 0.375. The van der Waals surface area contributed by atoms with E-state index < -0.39 is 0 Å². The van der Waals surface area contributed by atoms with Crippen LogP contribution < -0.4 is 4.74 Å². The van der Waals surface area contributed by atoms with E-state index in [1.807, 2.05) is 66.6 Å². The monoisotopic (exact) mass is 451 g/mol. The zero-order chi connectivity index (χ0) is 22.2. The highest BCUT2D eigenvalue weighted by Crippen LogP contribution is 2.19. The molecule has 1 saturated heterocycles. The minimum atomic E-state index is -0.271. The number of carbonyl (C=O) groups is 1. The third kappa shape index (κ3) is 6.34. The van der Waals surface area contributed by atoms with Crippen molar-refractivity contribution in [2.45, 2.75) is 18.0 Å². The first-order valence-corrected chi connectivity index (χ1v) is 11.9. The average molecular weight is 452 g/mol. The molecule has 1 aliphatic heterocycles. The summed E-state index contributed by atoms with van der Waals surface area (Å²) in [5, 5.41) is 1.02. The van der Waals surface area contributed by atoms with Crippen LogP contribution in [0.5, 0.6) is 5.75 Å². The Labute approximate surface area is 193 Å². The molecule has 32 heavy (non-hydrogen) atoms. The fourth-order valence-corrected chi connectivity index (χ4v) is 4.53. The Morgan fingerprint density at radius 2 is 1.81 bits per heavy atom. The van der Waals surface area contributed by atoms with Gasteiger partial charge >= 0.3 is 6.09 Å². The normalized spacial score (nSPS) is 14.5. The van der Waals surface area contributed by atoms with Crippen molar-refractivity contribution >= 4 is 17.9 Å². The summed E-state index contributed by atoms with van der Waals surface area (Å²) >= 11 is 1.74. The summed E-state index contributed by atoms with van der Waals surface area (Å²) < 4.78 is 7.61. The van der Waals surface area contributed by atoms with Crippen LogP contribution in [0.1, 0.15) is 11.3 Å². The molecule has 3 aromatic rings. The zero-order valence-electron chi connectivity index (χ0n) is 18.4. The summed E-state index contributed by atoms with van der Waals surface area (Å²) in [4.78, 5) is 25.4. The SMILES string of the molecule is Cn1ccnc1SCCc1ccc(OC(=O)N2CCN(CCc3ccccn3)CC2)cc1. The van der Waals surface area contributed by atoms with E-state index >= 15 is 0 Å². The number of ether oxygens (including phenoxy) is 1. The molecule has 8 heteroatoms. The lowest BCUT2D eigenvalue weighted by Crippen LogP contribution is -2.49. The first-order chi connectivity index (χ1) is 15.7. The van der Waals surface area contributed by atoms with Crippen molar-refractivity contribution < 1.29 is 9.53 Å². The van der Waals surface area contributed by atoms with Gasteiger partial charge in [0.2, 0.25) is 0 Å². The topological polar surface area (TPSA) is 63.5 Å². The molecule has 168 valence electrons. The van der Waals surface area contributed by atoms with Gasteiger partial charge in [-0.25, -0.2) is 9.78 Å². The molecule has 4 rings (SSSR count). The summed E-state index contributed by atoms with van der Waals surface area (Å²) in [6, 6.07) is 13.8. The molecule has 1 fully saturated rings. The maximum absolute atomic E-state index is 12.5. The number of rotatable bonds is 8. The van der Waals surface area contributed by atoms with E-state index in [9.17, 15) is 4.79 Å². The van der Waals surface area contributed by atoms with E-state index in [-0.39, 0.29) is 6.09 Å². The predicted octanol–water partition coefficient (Wildman–Crippen LogP) is 3.51. The molecule has 1 aromatic carbocycles. The van der Waals surface area contributed by atoms with Crippen LogP contribution in [0.4, 0.5) is 4.79 Å². The molecular formula is C24H29N5O2S. The second-order valence-electron chi connectivity index (χ2n) is 7.83. The second-order valence-corrected chi connectivity index (χ2v) is 8.89. The van der Waals surface area contributed by atoms with Gasteiger partial charge in [0.25, 0.3) is 0 Å². The molecular weight excluding hydrogens is 422 g/mol. The Balaban J connectivity index is 1.17. The maximum atomic E-state index is 12.5. The van der Waals surface area contributed by atoms with Crippen LogP contribution in [0.25, 0.3) is 0 Å². The van der Waals surface area contributed by atoms with Gasteiger partial charge in [-0.3, -0.25) is 9.88 Å². The fourth-order valence-electron chi connectivity index (χ4n) is 3.61. The van der Waals surface area contributed by atoms with Gasteiger partial charge in [-0.2, -0.15) is 0 Å². The molecule has 0 N–H and O–H groups in total. The summed E-state index contributed by atoms with van der Waals surface area (Å²) in [7, 11) is 2.00. The minimum Gasteiger partial charge on any atom is -0.410 e. The van der Waals surface area contributed by atoms with Crippen molar-refractivity contribution in [3.05, 3.63) is 72.3 Å². The van der Waals surface area contributed by atoms with Gasteiger partial charge in [0.15, 0.2) is 5.16 Å². The Morgan fingerprint density at radius 3 is 2.50 bits per heavy atom. The molecule has 0 bridgehead atoms. The van der Waals surface area contributed by atoms with Gasteiger partial charge in [0.1, 0.15) is 5.75 Å². The zero-order valence-corrected chi connectivity index (χ0v) is 19.2. The lowest BCUT2D eigenvalue weighted by molar-refractivity contribution is 0.111. The molecule has 2 aromatic heterocycles. The number of hydrogen-bond acceptors (Lipinski definition) is 6. The largest absolute Gasteiger partial charge is 0.415 e. The van der Waals surface area contributed by atoms with Crippen molar-refractivity contribution in [1.82, 2.24) is 24.3 Å². The molecule has 0 radical (unpaired) electrons. The maximum Gasteiger partial charge on any atom is 0.415 e. The Bertz CT molecular complexity index is 985. The van der Waals surface area contributed by atoms with Crippen molar-refractivity contribution in [1.29, 1.82) is 0 Å². The smallest absolute Gasteiger partial charge is 0.410 e. The number of aryl methyl sites for hydroxylation is 2. The molecule has 3 heterocycles. The van der Waals surface area contributed by atoms with Crippen molar-refractivity contribution in [3.63, 3.8) is 0 Å². The molecule has 1 aliphatic rings.